The number of rotatable bonds is 3. The molecule has 0 saturated heterocycles. The average Bonchev–Trinajstić information content (AvgIpc) is 2.05. The van der Waals surface area contributed by atoms with E-state index in [0.29, 0.717) is 0 Å². The quantitative estimate of drug-likeness (QED) is 0.163. The maximum absolute atomic E-state index is 10.6. The maximum Gasteiger partial charge on any atom is 0.363 e. The molecule has 0 aliphatic carbocycles. The summed E-state index contributed by atoms with van der Waals surface area (Å²) in [6.07, 6.45) is 0. The predicted octanol–water partition coefficient (Wildman–Crippen LogP) is -0.203. The van der Waals surface area contributed by atoms with Crippen molar-refractivity contribution in [2.75, 3.05) is 13.0 Å². The van der Waals surface area contributed by atoms with E-state index in [1.165, 1.54) is 0 Å². The molecule has 11 heavy (non-hydrogen) atoms. The number of carbonyl (C=O) groups is 2. The summed E-state index contributed by atoms with van der Waals surface area (Å²) < 4.78 is 4.12. The van der Waals surface area contributed by atoms with Gasteiger partial charge in [-0.1, -0.05) is 5.16 Å². The lowest BCUT2D eigenvalue weighted by Gasteiger charge is -1.96. The second-order valence-corrected chi connectivity index (χ2v) is 1.76. The number of Topliss-reactive ketones (excluding diaryl/α,β-unsaturated/α-hetero) is 1. The zero-order chi connectivity index (χ0) is 8.85. The summed E-state index contributed by atoms with van der Waals surface area (Å²) in [5.74, 6) is -2.20. The van der Waals surface area contributed by atoms with Gasteiger partial charge in [0.05, 0.1) is 13.0 Å². The first-order chi connectivity index (χ1) is 5.17. The van der Waals surface area contributed by atoms with Crippen molar-refractivity contribution in [2.45, 2.75) is 0 Å². The summed E-state index contributed by atoms with van der Waals surface area (Å²) in [5, 5.41) is 10.6. The molecule has 0 heterocycles. The molecule has 0 aromatic carbocycles. The molecule has 0 spiro atoms. The number of oxime groups is 1. The van der Waals surface area contributed by atoms with Gasteiger partial charge in [0.15, 0.2) is 0 Å². The van der Waals surface area contributed by atoms with Crippen LogP contribution in [0.5, 0.6) is 0 Å². The molecule has 0 amide bonds. The number of ketones is 1. The molecule has 0 aliphatic rings. The lowest BCUT2D eigenvalue weighted by atomic mass is 10.3. The van der Waals surface area contributed by atoms with Crippen molar-refractivity contribution in [3.05, 3.63) is 0 Å². The Kier molecular flexibility index (Phi) is 4.21. The number of methoxy groups -OCH3 is 1. The summed E-state index contributed by atoms with van der Waals surface area (Å²) >= 11 is 5.08. The van der Waals surface area contributed by atoms with Crippen molar-refractivity contribution in [3.63, 3.8) is 0 Å². The molecule has 0 atom stereocenters. The van der Waals surface area contributed by atoms with Crippen LogP contribution < -0.4 is 0 Å². The lowest BCUT2D eigenvalue weighted by Crippen LogP contribution is -2.26. The van der Waals surface area contributed by atoms with Crippen LogP contribution in [0.2, 0.25) is 0 Å². The summed E-state index contributed by atoms with van der Waals surface area (Å²) in [6, 6.07) is 0. The fourth-order valence-electron chi connectivity index (χ4n) is 0.370. The summed E-state index contributed by atoms with van der Waals surface area (Å²) in [7, 11) is 1.06. The van der Waals surface area contributed by atoms with Gasteiger partial charge in [0.1, 0.15) is 0 Å². The van der Waals surface area contributed by atoms with Crippen molar-refractivity contribution < 1.29 is 19.5 Å². The molecular weight excluding hydrogens is 174 g/mol. The highest BCUT2D eigenvalue weighted by molar-refractivity contribution is 6.67. The van der Waals surface area contributed by atoms with Crippen LogP contribution in [0.4, 0.5) is 0 Å². The molecule has 0 aromatic rings. The average molecular weight is 180 g/mol. The van der Waals surface area contributed by atoms with Crippen molar-refractivity contribution in [2.24, 2.45) is 5.16 Å². The Morgan fingerprint density at radius 1 is 1.64 bits per heavy atom. The zero-order valence-corrected chi connectivity index (χ0v) is 6.46. The Hall–Kier alpha value is -1.10. The normalized spacial score (nSPS) is 10.9. The van der Waals surface area contributed by atoms with Crippen LogP contribution in [0.15, 0.2) is 5.16 Å². The Labute approximate surface area is 67.6 Å². The SMILES string of the molecule is COC(=O)C(=NO)C(=O)CCl. The van der Waals surface area contributed by atoms with Crippen LogP contribution in [0.1, 0.15) is 0 Å². The molecule has 0 fully saturated rings. The monoisotopic (exact) mass is 179 g/mol. The van der Waals surface area contributed by atoms with Crippen LogP contribution >= 0.6 is 11.6 Å². The number of halogens is 1. The maximum atomic E-state index is 10.6. The number of hydrogen-bond donors (Lipinski definition) is 1. The van der Waals surface area contributed by atoms with Crippen molar-refractivity contribution in [3.8, 4) is 0 Å². The molecule has 62 valence electrons. The second-order valence-electron chi connectivity index (χ2n) is 1.50. The Bertz CT molecular complexity index is 183. The largest absolute Gasteiger partial charge is 0.464 e. The summed E-state index contributed by atoms with van der Waals surface area (Å²) in [6.45, 7) is 0. The van der Waals surface area contributed by atoms with E-state index in [1.807, 2.05) is 0 Å². The van der Waals surface area contributed by atoms with Crippen molar-refractivity contribution in [1.29, 1.82) is 0 Å². The number of alkyl halides is 1. The van der Waals surface area contributed by atoms with E-state index in [9.17, 15) is 9.59 Å². The minimum absolute atomic E-state index is 0.422. The molecule has 0 unspecified atom stereocenters. The third-order valence-corrected chi connectivity index (χ3v) is 1.11. The van der Waals surface area contributed by atoms with Gasteiger partial charge in [-0.2, -0.15) is 0 Å². The first kappa shape index (κ1) is 9.90. The van der Waals surface area contributed by atoms with E-state index in [-0.39, 0.29) is 0 Å². The third-order valence-electron chi connectivity index (χ3n) is 0.864. The van der Waals surface area contributed by atoms with Gasteiger partial charge in [0, 0.05) is 0 Å². The molecular formula is C5H6ClNO4. The Morgan fingerprint density at radius 2 is 2.18 bits per heavy atom. The van der Waals surface area contributed by atoms with Gasteiger partial charge in [-0.3, -0.25) is 4.79 Å². The molecule has 0 radical (unpaired) electrons. The number of hydrogen-bond acceptors (Lipinski definition) is 5. The number of esters is 1. The number of carbonyl (C=O) groups excluding carboxylic acids is 2. The van der Waals surface area contributed by atoms with E-state index in [2.05, 4.69) is 9.89 Å². The van der Waals surface area contributed by atoms with Gasteiger partial charge >= 0.3 is 5.97 Å². The van der Waals surface area contributed by atoms with E-state index >= 15 is 0 Å². The number of nitrogens with zero attached hydrogens (tertiary/aromatic N) is 1. The van der Waals surface area contributed by atoms with Gasteiger partial charge in [-0.25, -0.2) is 4.79 Å². The topological polar surface area (TPSA) is 76.0 Å². The molecule has 5 nitrogen and oxygen atoms in total. The van der Waals surface area contributed by atoms with E-state index in [0.717, 1.165) is 7.11 Å². The number of ether oxygens (including phenoxy) is 1. The Morgan fingerprint density at radius 3 is 2.45 bits per heavy atom. The fourth-order valence-corrected chi connectivity index (χ4v) is 0.497. The third kappa shape index (κ3) is 2.55. The minimum Gasteiger partial charge on any atom is -0.464 e. The molecule has 0 aliphatic heterocycles. The van der Waals surface area contributed by atoms with Gasteiger partial charge in [-0.15, -0.1) is 11.6 Å². The van der Waals surface area contributed by atoms with Gasteiger partial charge in [0.2, 0.25) is 11.5 Å². The molecule has 0 saturated carbocycles. The summed E-state index contributed by atoms with van der Waals surface area (Å²) in [4.78, 5) is 21.2. The van der Waals surface area contributed by atoms with Crippen molar-refractivity contribution >= 4 is 29.1 Å². The van der Waals surface area contributed by atoms with Gasteiger partial charge < -0.3 is 9.94 Å². The first-order valence-electron chi connectivity index (χ1n) is 2.57. The van der Waals surface area contributed by atoms with E-state index in [1.54, 1.807) is 0 Å². The smallest absolute Gasteiger partial charge is 0.363 e. The second kappa shape index (κ2) is 4.68. The van der Waals surface area contributed by atoms with E-state index in [4.69, 9.17) is 16.8 Å². The molecule has 0 aromatic heterocycles. The van der Waals surface area contributed by atoms with Crippen LogP contribution in [-0.4, -0.2) is 35.7 Å². The standard InChI is InChI=1S/C5H6ClNO4/c1-11-5(9)4(7-10)3(8)2-6/h10H,2H2,1H3. The van der Waals surface area contributed by atoms with Crippen LogP contribution in [0, 0.1) is 0 Å². The van der Waals surface area contributed by atoms with Crippen LogP contribution in [-0.2, 0) is 14.3 Å². The lowest BCUT2D eigenvalue weighted by molar-refractivity contribution is -0.133. The molecule has 6 heteroatoms. The van der Waals surface area contributed by atoms with Crippen molar-refractivity contribution in [1.82, 2.24) is 0 Å². The zero-order valence-electron chi connectivity index (χ0n) is 5.70. The summed E-state index contributed by atoms with van der Waals surface area (Å²) in [5.41, 5.74) is -0.692. The van der Waals surface area contributed by atoms with Crippen LogP contribution in [0.25, 0.3) is 0 Å². The highest BCUT2D eigenvalue weighted by Crippen LogP contribution is 1.88. The van der Waals surface area contributed by atoms with Crippen LogP contribution in [0.3, 0.4) is 0 Å². The fraction of sp³-hybridized carbons (Fsp3) is 0.400. The predicted molar refractivity (Wildman–Crippen MR) is 37.0 cm³/mol. The highest BCUT2D eigenvalue weighted by atomic mass is 35.5. The Balaban J connectivity index is 4.43. The first-order valence-corrected chi connectivity index (χ1v) is 3.10. The van der Waals surface area contributed by atoms with E-state index < -0.39 is 23.3 Å². The van der Waals surface area contributed by atoms with Gasteiger partial charge in [-0.05, 0) is 0 Å². The van der Waals surface area contributed by atoms with Gasteiger partial charge in [0.25, 0.3) is 0 Å². The molecule has 0 bridgehead atoms. The highest BCUT2D eigenvalue weighted by Gasteiger charge is 2.20. The molecule has 1 N–H and O–H groups in total. The minimum atomic E-state index is -1.00. The molecule has 0 rings (SSSR count).